The number of ether oxygens (including phenoxy) is 1. The summed E-state index contributed by atoms with van der Waals surface area (Å²) in [5.41, 5.74) is 0.627. The van der Waals surface area contributed by atoms with Gasteiger partial charge in [-0.3, -0.25) is 9.59 Å². The summed E-state index contributed by atoms with van der Waals surface area (Å²) >= 11 is 0. The van der Waals surface area contributed by atoms with E-state index in [1.54, 1.807) is 38.1 Å². The molecule has 0 N–H and O–H groups in total. The fourth-order valence-electron chi connectivity index (χ4n) is 5.31. The molecule has 4 aliphatic carbocycles. The number of esters is 1. The van der Waals surface area contributed by atoms with Crippen LogP contribution in [-0.4, -0.2) is 23.9 Å². The van der Waals surface area contributed by atoms with Gasteiger partial charge >= 0.3 is 5.97 Å². The van der Waals surface area contributed by atoms with Crippen molar-refractivity contribution in [2.24, 2.45) is 35.5 Å². The number of allylic oxidation sites excluding steroid dienone is 2. The molecular formula is C21H21NO4. The van der Waals surface area contributed by atoms with E-state index in [9.17, 15) is 14.4 Å². The number of benzene rings is 1. The molecule has 0 unspecified atom stereocenters. The summed E-state index contributed by atoms with van der Waals surface area (Å²) in [6.45, 7) is 3.55. The largest absolute Gasteiger partial charge is 0.459 e. The molecule has 0 radical (unpaired) electrons. The average Bonchev–Trinajstić information content (AvgIpc) is 3.39. The molecule has 134 valence electrons. The van der Waals surface area contributed by atoms with Crippen LogP contribution in [0.25, 0.3) is 0 Å². The van der Waals surface area contributed by atoms with Gasteiger partial charge in [0.25, 0.3) is 0 Å². The molecular weight excluding hydrogens is 330 g/mol. The van der Waals surface area contributed by atoms with Crippen molar-refractivity contribution in [3.8, 4) is 0 Å². The zero-order chi connectivity index (χ0) is 18.2. The summed E-state index contributed by atoms with van der Waals surface area (Å²) in [6, 6.07) is 6.75. The fourth-order valence-corrected chi connectivity index (χ4v) is 5.31. The van der Waals surface area contributed by atoms with Crippen molar-refractivity contribution in [3.05, 3.63) is 42.0 Å². The van der Waals surface area contributed by atoms with Crippen LogP contribution in [0, 0.1) is 35.5 Å². The molecule has 1 aliphatic heterocycles. The van der Waals surface area contributed by atoms with Gasteiger partial charge in [-0.05, 0) is 56.1 Å². The van der Waals surface area contributed by atoms with Crippen molar-refractivity contribution in [1.29, 1.82) is 0 Å². The van der Waals surface area contributed by atoms with E-state index in [0.29, 0.717) is 17.5 Å². The van der Waals surface area contributed by atoms with Gasteiger partial charge in [0.1, 0.15) is 0 Å². The number of carbonyl (C=O) groups is 3. The monoisotopic (exact) mass is 351 g/mol. The van der Waals surface area contributed by atoms with E-state index in [1.165, 1.54) is 4.90 Å². The molecule has 2 amide bonds. The first-order valence-corrected chi connectivity index (χ1v) is 9.35. The van der Waals surface area contributed by atoms with Crippen LogP contribution >= 0.6 is 0 Å². The molecule has 1 aromatic rings. The van der Waals surface area contributed by atoms with Crippen LogP contribution < -0.4 is 4.90 Å². The van der Waals surface area contributed by atoms with Crippen LogP contribution in [0.15, 0.2) is 36.4 Å². The van der Waals surface area contributed by atoms with Gasteiger partial charge in [-0.25, -0.2) is 9.69 Å². The van der Waals surface area contributed by atoms with Crippen LogP contribution in [0.3, 0.4) is 0 Å². The Kier molecular flexibility index (Phi) is 3.21. The number of hydrogen-bond acceptors (Lipinski definition) is 4. The Balaban J connectivity index is 1.54. The van der Waals surface area contributed by atoms with E-state index in [-0.39, 0.29) is 47.2 Å². The van der Waals surface area contributed by atoms with Crippen molar-refractivity contribution < 1.29 is 19.1 Å². The van der Waals surface area contributed by atoms with Crippen molar-refractivity contribution in [1.82, 2.24) is 0 Å². The van der Waals surface area contributed by atoms with Gasteiger partial charge in [-0.15, -0.1) is 0 Å². The number of amides is 2. The van der Waals surface area contributed by atoms with Crippen LogP contribution in [0.1, 0.15) is 30.6 Å². The lowest BCUT2D eigenvalue weighted by molar-refractivity contribution is -0.124. The highest BCUT2D eigenvalue weighted by atomic mass is 16.5. The zero-order valence-corrected chi connectivity index (χ0v) is 14.8. The van der Waals surface area contributed by atoms with Crippen LogP contribution in [-0.2, 0) is 14.3 Å². The molecule has 5 heteroatoms. The van der Waals surface area contributed by atoms with E-state index in [2.05, 4.69) is 12.2 Å². The third-order valence-electron chi connectivity index (χ3n) is 6.37. The average molecular weight is 351 g/mol. The Labute approximate surface area is 152 Å². The molecule has 6 rings (SSSR count). The lowest BCUT2D eigenvalue weighted by Gasteiger charge is -2.37. The number of hydrogen-bond donors (Lipinski definition) is 0. The molecule has 0 spiro atoms. The normalized spacial score (nSPS) is 36.3. The summed E-state index contributed by atoms with van der Waals surface area (Å²) in [6.07, 6.45) is 5.16. The van der Waals surface area contributed by atoms with E-state index in [4.69, 9.17) is 4.74 Å². The van der Waals surface area contributed by atoms with Crippen LogP contribution in [0.5, 0.6) is 0 Å². The molecule has 26 heavy (non-hydrogen) atoms. The third-order valence-corrected chi connectivity index (χ3v) is 6.37. The quantitative estimate of drug-likeness (QED) is 0.477. The summed E-state index contributed by atoms with van der Waals surface area (Å²) in [5, 5.41) is 0. The Bertz CT molecular complexity index is 821. The van der Waals surface area contributed by atoms with Crippen molar-refractivity contribution in [2.45, 2.75) is 26.4 Å². The second-order valence-corrected chi connectivity index (χ2v) is 8.14. The van der Waals surface area contributed by atoms with E-state index in [1.807, 2.05) is 0 Å². The molecule has 3 fully saturated rings. The van der Waals surface area contributed by atoms with Crippen LogP contribution in [0.2, 0.25) is 0 Å². The van der Waals surface area contributed by atoms with E-state index >= 15 is 0 Å². The lowest BCUT2D eigenvalue weighted by Crippen LogP contribution is -2.40. The second-order valence-electron chi connectivity index (χ2n) is 8.14. The Morgan fingerprint density at radius 3 is 2.19 bits per heavy atom. The maximum Gasteiger partial charge on any atom is 0.340 e. The molecule has 5 aliphatic rings. The Morgan fingerprint density at radius 1 is 1.04 bits per heavy atom. The topological polar surface area (TPSA) is 63.7 Å². The zero-order valence-electron chi connectivity index (χ0n) is 14.8. The Hall–Kier alpha value is -2.43. The SMILES string of the molecule is CC(C)OC(=O)c1ccccc1N1C(=O)[C@@H]2[C@H]3C=C[C@@H]([C@@H]4C[C@H]34)[C@H]2C1=O. The first-order chi connectivity index (χ1) is 12.5. The minimum Gasteiger partial charge on any atom is -0.459 e. The minimum atomic E-state index is -0.505. The van der Waals surface area contributed by atoms with Gasteiger partial charge in [0, 0.05) is 0 Å². The molecule has 5 nitrogen and oxygen atoms in total. The highest BCUT2D eigenvalue weighted by Crippen LogP contribution is 2.65. The van der Waals surface area contributed by atoms with Gasteiger partial charge in [0.15, 0.2) is 0 Å². The summed E-state index contributed by atoms with van der Waals surface area (Å²) in [5.74, 6) is 0.107. The number of para-hydroxylation sites is 1. The number of anilines is 1. The molecule has 0 aromatic heterocycles. The first-order valence-electron chi connectivity index (χ1n) is 9.35. The highest BCUT2D eigenvalue weighted by molar-refractivity contribution is 6.24. The van der Waals surface area contributed by atoms with Gasteiger partial charge < -0.3 is 4.74 Å². The van der Waals surface area contributed by atoms with Gasteiger partial charge in [0.05, 0.1) is 29.2 Å². The van der Waals surface area contributed by atoms with Gasteiger partial charge in [-0.2, -0.15) is 0 Å². The summed E-state index contributed by atoms with van der Waals surface area (Å²) in [7, 11) is 0. The number of imide groups is 1. The standard InChI is InChI=1S/C21H21NO4/c1-10(2)26-21(25)13-5-3-4-6-16(13)22-19(23)17-11-7-8-12(15-9-14(11)15)18(17)20(22)24/h3-8,10-12,14-15,17-18H,9H2,1-2H3/t11-,12-,14-,15+,17+,18+/m0/s1. The number of rotatable bonds is 3. The van der Waals surface area contributed by atoms with Crippen molar-refractivity contribution >= 4 is 23.5 Å². The molecule has 1 heterocycles. The Morgan fingerprint density at radius 2 is 1.62 bits per heavy atom. The molecule has 2 saturated carbocycles. The maximum absolute atomic E-state index is 13.2. The van der Waals surface area contributed by atoms with E-state index in [0.717, 1.165) is 6.42 Å². The minimum absolute atomic E-state index is 0.158. The molecule has 6 atom stereocenters. The smallest absolute Gasteiger partial charge is 0.340 e. The van der Waals surface area contributed by atoms with Crippen LogP contribution in [0.4, 0.5) is 5.69 Å². The lowest BCUT2D eigenvalue weighted by atomic mass is 9.63. The highest BCUT2D eigenvalue weighted by Gasteiger charge is 2.67. The third kappa shape index (κ3) is 2.00. The summed E-state index contributed by atoms with van der Waals surface area (Å²) in [4.78, 5) is 40.2. The molecule has 2 bridgehead atoms. The predicted octanol–water partition coefficient (Wildman–Crippen LogP) is 2.81. The molecule has 1 aromatic carbocycles. The van der Waals surface area contributed by atoms with Crippen molar-refractivity contribution in [2.75, 3.05) is 4.90 Å². The first kappa shape index (κ1) is 15.8. The number of nitrogens with zero attached hydrogens (tertiary/aromatic N) is 1. The predicted molar refractivity (Wildman–Crippen MR) is 94.2 cm³/mol. The van der Waals surface area contributed by atoms with E-state index < -0.39 is 5.97 Å². The maximum atomic E-state index is 13.2. The van der Waals surface area contributed by atoms with Crippen molar-refractivity contribution in [3.63, 3.8) is 0 Å². The molecule has 1 saturated heterocycles. The second kappa shape index (κ2) is 5.29. The fraction of sp³-hybridized carbons (Fsp3) is 0.476. The van der Waals surface area contributed by atoms with Gasteiger partial charge in [-0.1, -0.05) is 24.3 Å². The van der Waals surface area contributed by atoms with Gasteiger partial charge in [0.2, 0.25) is 11.8 Å². The summed E-state index contributed by atoms with van der Waals surface area (Å²) < 4.78 is 5.30. The number of carbonyl (C=O) groups excluding carboxylic acids is 3.